The van der Waals surface area contributed by atoms with Crippen molar-refractivity contribution >= 4 is 5.82 Å². The van der Waals surface area contributed by atoms with Gasteiger partial charge in [0.25, 0.3) is 0 Å². The molecule has 3 rings (SSSR count). The van der Waals surface area contributed by atoms with E-state index >= 15 is 0 Å². The van der Waals surface area contributed by atoms with Crippen molar-refractivity contribution in [2.45, 2.75) is 25.2 Å². The van der Waals surface area contributed by atoms with Crippen molar-refractivity contribution in [3.8, 4) is 11.5 Å². The van der Waals surface area contributed by atoms with Crippen LogP contribution in [0.5, 0.6) is 11.5 Å². The standard InChI is InChI=1S/C18H22FN3O3/c1-24-16-9-13(19)4-5-15(16)25-17-11-22(8-6-14(17)23)10-12-3-2-7-21-18(12)20/h2-5,7,9,14,17,23H,6,8,10-11H2,1H3,(H2,20,21)/t14-,17-/m1/s1. The van der Waals surface area contributed by atoms with Gasteiger partial charge in [-0.1, -0.05) is 6.07 Å². The summed E-state index contributed by atoms with van der Waals surface area (Å²) in [6.07, 6.45) is 1.20. The molecule has 2 heterocycles. The molecule has 0 unspecified atom stereocenters. The van der Waals surface area contributed by atoms with Crippen LogP contribution in [0.2, 0.25) is 0 Å². The van der Waals surface area contributed by atoms with Crippen molar-refractivity contribution in [2.24, 2.45) is 0 Å². The zero-order valence-electron chi connectivity index (χ0n) is 14.1. The largest absolute Gasteiger partial charge is 0.493 e. The van der Waals surface area contributed by atoms with Gasteiger partial charge in [-0.2, -0.15) is 0 Å². The van der Waals surface area contributed by atoms with Crippen molar-refractivity contribution < 1.29 is 19.0 Å². The fourth-order valence-corrected chi connectivity index (χ4v) is 2.95. The zero-order valence-corrected chi connectivity index (χ0v) is 14.1. The Bertz CT molecular complexity index is 728. The summed E-state index contributed by atoms with van der Waals surface area (Å²) in [5, 5.41) is 10.3. The molecule has 2 atom stereocenters. The van der Waals surface area contributed by atoms with E-state index < -0.39 is 18.0 Å². The number of nitrogens with zero attached hydrogens (tertiary/aromatic N) is 2. The quantitative estimate of drug-likeness (QED) is 0.859. The number of likely N-dealkylation sites (tertiary alicyclic amines) is 1. The molecule has 0 aliphatic carbocycles. The van der Waals surface area contributed by atoms with Gasteiger partial charge >= 0.3 is 0 Å². The SMILES string of the molecule is COc1cc(F)ccc1O[C@@H]1CN(Cc2cccnc2N)CC[C@H]1O. The summed E-state index contributed by atoms with van der Waals surface area (Å²) in [4.78, 5) is 6.25. The number of rotatable bonds is 5. The fourth-order valence-electron chi connectivity index (χ4n) is 2.95. The number of nitrogen functional groups attached to an aromatic ring is 1. The second-order valence-corrected chi connectivity index (χ2v) is 6.09. The Balaban J connectivity index is 1.70. The highest BCUT2D eigenvalue weighted by Crippen LogP contribution is 2.30. The van der Waals surface area contributed by atoms with E-state index in [0.717, 1.165) is 12.1 Å². The summed E-state index contributed by atoms with van der Waals surface area (Å²) in [6, 6.07) is 7.87. The van der Waals surface area contributed by atoms with E-state index in [1.165, 1.54) is 25.3 Å². The number of hydrogen-bond donors (Lipinski definition) is 2. The highest BCUT2D eigenvalue weighted by atomic mass is 19.1. The van der Waals surface area contributed by atoms with Gasteiger partial charge in [0, 0.05) is 37.5 Å². The Hall–Kier alpha value is -2.38. The van der Waals surface area contributed by atoms with Gasteiger partial charge in [0.05, 0.1) is 13.2 Å². The van der Waals surface area contributed by atoms with Crippen LogP contribution >= 0.6 is 0 Å². The number of benzene rings is 1. The minimum Gasteiger partial charge on any atom is -0.493 e. The number of halogens is 1. The van der Waals surface area contributed by atoms with E-state index in [4.69, 9.17) is 15.2 Å². The molecule has 7 heteroatoms. The number of hydrogen-bond acceptors (Lipinski definition) is 6. The molecule has 1 saturated heterocycles. The Morgan fingerprint density at radius 2 is 2.20 bits per heavy atom. The lowest BCUT2D eigenvalue weighted by Crippen LogP contribution is -2.49. The summed E-state index contributed by atoms with van der Waals surface area (Å²) >= 11 is 0. The molecule has 1 aromatic heterocycles. The summed E-state index contributed by atoms with van der Waals surface area (Å²) in [5.41, 5.74) is 6.85. The van der Waals surface area contributed by atoms with Gasteiger partial charge in [-0.25, -0.2) is 9.37 Å². The van der Waals surface area contributed by atoms with Crippen LogP contribution in [0, 0.1) is 5.82 Å². The third-order valence-corrected chi connectivity index (χ3v) is 4.33. The molecule has 134 valence electrons. The molecule has 0 radical (unpaired) electrons. The molecule has 1 aliphatic heterocycles. The fraction of sp³-hybridized carbons (Fsp3) is 0.389. The first-order valence-electron chi connectivity index (χ1n) is 8.17. The summed E-state index contributed by atoms with van der Waals surface area (Å²) in [6.45, 7) is 1.89. The van der Waals surface area contributed by atoms with Crippen LogP contribution < -0.4 is 15.2 Å². The van der Waals surface area contributed by atoms with Crippen LogP contribution in [-0.2, 0) is 6.54 Å². The second-order valence-electron chi connectivity index (χ2n) is 6.09. The number of aromatic nitrogens is 1. The second kappa shape index (κ2) is 7.67. The monoisotopic (exact) mass is 347 g/mol. The van der Waals surface area contributed by atoms with Gasteiger partial charge in [0.15, 0.2) is 11.5 Å². The first-order valence-corrected chi connectivity index (χ1v) is 8.17. The van der Waals surface area contributed by atoms with Gasteiger partial charge < -0.3 is 20.3 Å². The van der Waals surface area contributed by atoms with Crippen LogP contribution in [-0.4, -0.2) is 47.4 Å². The number of methoxy groups -OCH3 is 1. The van der Waals surface area contributed by atoms with E-state index in [0.29, 0.717) is 36.8 Å². The van der Waals surface area contributed by atoms with E-state index in [9.17, 15) is 9.50 Å². The normalized spacial score (nSPS) is 21.1. The number of anilines is 1. The van der Waals surface area contributed by atoms with Gasteiger partial charge in [-0.15, -0.1) is 0 Å². The summed E-state index contributed by atoms with van der Waals surface area (Å²) in [7, 11) is 1.45. The molecule has 0 saturated carbocycles. The summed E-state index contributed by atoms with van der Waals surface area (Å²) in [5.74, 6) is 0.824. The Labute approximate surface area is 146 Å². The lowest BCUT2D eigenvalue weighted by Gasteiger charge is -2.36. The molecule has 3 N–H and O–H groups in total. The lowest BCUT2D eigenvalue weighted by molar-refractivity contribution is -0.0276. The van der Waals surface area contributed by atoms with Crippen LogP contribution in [0.15, 0.2) is 36.5 Å². The zero-order chi connectivity index (χ0) is 17.8. The molecule has 0 spiro atoms. The molecule has 1 fully saturated rings. The van der Waals surface area contributed by atoms with Crippen molar-refractivity contribution in [1.82, 2.24) is 9.88 Å². The van der Waals surface area contributed by atoms with E-state index in [-0.39, 0.29) is 0 Å². The smallest absolute Gasteiger partial charge is 0.163 e. The molecule has 25 heavy (non-hydrogen) atoms. The average Bonchev–Trinajstić information content (AvgIpc) is 2.61. The van der Waals surface area contributed by atoms with Crippen LogP contribution in [0.3, 0.4) is 0 Å². The Morgan fingerprint density at radius 1 is 1.36 bits per heavy atom. The molecule has 1 aromatic carbocycles. The van der Waals surface area contributed by atoms with E-state index in [1.807, 2.05) is 12.1 Å². The van der Waals surface area contributed by atoms with Gasteiger partial charge in [-0.3, -0.25) is 4.90 Å². The van der Waals surface area contributed by atoms with Gasteiger partial charge in [0.1, 0.15) is 17.7 Å². The number of aliphatic hydroxyl groups excluding tert-OH is 1. The van der Waals surface area contributed by atoms with Crippen LogP contribution in [0.1, 0.15) is 12.0 Å². The first kappa shape index (κ1) is 17.4. The highest BCUT2D eigenvalue weighted by Gasteiger charge is 2.30. The van der Waals surface area contributed by atoms with Gasteiger partial charge in [-0.05, 0) is 24.6 Å². The third kappa shape index (κ3) is 4.18. The molecule has 0 amide bonds. The molecule has 0 bridgehead atoms. The van der Waals surface area contributed by atoms with E-state index in [1.54, 1.807) is 6.20 Å². The maximum absolute atomic E-state index is 13.3. The minimum atomic E-state index is -0.600. The molecular weight excluding hydrogens is 325 g/mol. The molecule has 1 aliphatic rings. The predicted molar refractivity (Wildman–Crippen MR) is 91.9 cm³/mol. The highest BCUT2D eigenvalue weighted by molar-refractivity contribution is 5.40. The Kier molecular flexibility index (Phi) is 5.35. The molecule has 6 nitrogen and oxygen atoms in total. The van der Waals surface area contributed by atoms with Crippen LogP contribution in [0.25, 0.3) is 0 Å². The van der Waals surface area contributed by atoms with Crippen molar-refractivity contribution in [3.63, 3.8) is 0 Å². The Morgan fingerprint density at radius 3 is 2.96 bits per heavy atom. The molecule has 2 aromatic rings. The number of aliphatic hydroxyl groups is 1. The summed E-state index contributed by atoms with van der Waals surface area (Å²) < 4.78 is 24.4. The minimum absolute atomic E-state index is 0.306. The van der Waals surface area contributed by atoms with Gasteiger partial charge in [0.2, 0.25) is 0 Å². The number of ether oxygens (including phenoxy) is 2. The van der Waals surface area contributed by atoms with Crippen molar-refractivity contribution in [1.29, 1.82) is 0 Å². The van der Waals surface area contributed by atoms with Crippen LogP contribution in [0.4, 0.5) is 10.2 Å². The first-order chi connectivity index (χ1) is 12.1. The van der Waals surface area contributed by atoms with Crippen molar-refractivity contribution in [2.75, 3.05) is 25.9 Å². The number of nitrogens with two attached hydrogens (primary N) is 1. The third-order valence-electron chi connectivity index (χ3n) is 4.33. The maximum atomic E-state index is 13.3. The maximum Gasteiger partial charge on any atom is 0.163 e. The predicted octanol–water partition coefficient (Wildman–Crippen LogP) is 1.83. The van der Waals surface area contributed by atoms with E-state index in [2.05, 4.69) is 9.88 Å². The topological polar surface area (TPSA) is 80.8 Å². The lowest BCUT2D eigenvalue weighted by atomic mass is 10.0. The number of piperidine rings is 1. The molecular formula is C18H22FN3O3. The number of pyridine rings is 1. The average molecular weight is 347 g/mol. The van der Waals surface area contributed by atoms with Crippen molar-refractivity contribution in [3.05, 3.63) is 47.9 Å².